The van der Waals surface area contributed by atoms with E-state index >= 15 is 0 Å². The van der Waals surface area contributed by atoms with Crippen LogP contribution in [-0.4, -0.2) is 24.2 Å². The Morgan fingerprint density at radius 2 is 1.90 bits per heavy atom. The van der Waals surface area contributed by atoms with Crippen molar-refractivity contribution in [1.82, 2.24) is 9.97 Å². The van der Waals surface area contributed by atoms with Crippen LogP contribution in [0.2, 0.25) is 10.2 Å². The first-order valence-electron chi connectivity index (χ1n) is 5.23. The van der Waals surface area contributed by atoms with Crippen molar-refractivity contribution in [1.29, 1.82) is 0 Å². The van der Waals surface area contributed by atoms with Crippen molar-refractivity contribution >= 4 is 39.1 Å². The van der Waals surface area contributed by atoms with Gasteiger partial charge in [0, 0.05) is 0 Å². The molecule has 0 aliphatic rings. The van der Waals surface area contributed by atoms with E-state index < -0.39 is 10.0 Å². The van der Waals surface area contributed by atoms with Crippen LogP contribution in [0.25, 0.3) is 0 Å². The Morgan fingerprint density at radius 1 is 1.20 bits per heavy atom. The van der Waals surface area contributed by atoms with Gasteiger partial charge in [0.15, 0.2) is 5.84 Å². The summed E-state index contributed by atoms with van der Waals surface area (Å²) in [7, 11) is -4.03. The molecule has 0 saturated carbocycles. The second-order valence-corrected chi connectivity index (χ2v) is 5.98. The molecule has 104 valence electrons. The summed E-state index contributed by atoms with van der Waals surface area (Å²) < 4.78 is 27.6. The van der Waals surface area contributed by atoms with E-state index in [4.69, 9.17) is 28.9 Å². The minimum Gasteiger partial charge on any atom is -0.381 e. The summed E-state index contributed by atoms with van der Waals surface area (Å²) in [5.74, 6) is -0.320. The summed E-state index contributed by atoms with van der Waals surface area (Å²) in [5.41, 5.74) is 5.67. The van der Waals surface area contributed by atoms with Crippen LogP contribution in [0, 0.1) is 0 Å². The summed E-state index contributed by atoms with van der Waals surface area (Å²) in [4.78, 5) is 7.43. The lowest BCUT2D eigenvalue weighted by atomic mass is 10.4. The highest BCUT2D eigenvalue weighted by Crippen LogP contribution is 2.22. The smallest absolute Gasteiger partial charge is 0.285 e. The molecule has 0 spiro atoms. The number of benzene rings is 1. The standard InChI is InChI=1S/C11H8Cl2N4O2S/c12-7-3-1-2-4-9(7)20(18,19)17-11(14)8-5-15-6-10(13)16-8/h1-6H,(H2,14,17). The first kappa shape index (κ1) is 14.7. The molecule has 2 aromatic rings. The SMILES string of the molecule is N/C(=N\S(=O)(=O)c1ccccc1Cl)c1cncc(Cl)n1. The van der Waals surface area contributed by atoms with Crippen LogP contribution in [0.4, 0.5) is 0 Å². The molecule has 20 heavy (non-hydrogen) atoms. The van der Waals surface area contributed by atoms with Gasteiger partial charge in [-0.15, -0.1) is 4.40 Å². The highest BCUT2D eigenvalue weighted by atomic mass is 35.5. The number of sulfonamides is 1. The fourth-order valence-electron chi connectivity index (χ4n) is 1.34. The zero-order chi connectivity index (χ0) is 14.8. The molecule has 0 atom stereocenters. The Morgan fingerprint density at radius 3 is 2.55 bits per heavy atom. The number of hydrogen-bond donors (Lipinski definition) is 1. The molecule has 0 fully saturated rings. The first-order chi connectivity index (χ1) is 9.40. The molecule has 0 unspecified atom stereocenters. The van der Waals surface area contributed by atoms with E-state index in [-0.39, 0.29) is 26.6 Å². The Labute approximate surface area is 125 Å². The number of nitrogens with two attached hydrogens (primary N) is 1. The van der Waals surface area contributed by atoms with Crippen LogP contribution in [0.1, 0.15) is 5.69 Å². The Balaban J connectivity index is 2.46. The van der Waals surface area contributed by atoms with E-state index in [0.717, 1.165) is 0 Å². The van der Waals surface area contributed by atoms with E-state index in [1.807, 2.05) is 0 Å². The lowest BCUT2D eigenvalue weighted by Crippen LogP contribution is -2.18. The van der Waals surface area contributed by atoms with Crippen LogP contribution in [0.15, 0.2) is 46.0 Å². The second kappa shape index (κ2) is 5.74. The Bertz CT molecular complexity index is 777. The molecule has 0 saturated heterocycles. The molecular weight excluding hydrogens is 323 g/mol. The van der Waals surface area contributed by atoms with Gasteiger partial charge in [-0.2, -0.15) is 8.42 Å². The third-order valence-electron chi connectivity index (χ3n) is 2.20. The molecule has 0 aliphatic carbocycles. The molecule has 0 amide bonds. The largest absolute Gasteiger partial charge is 0.381 e. The third kappa shape index (κ3) is 3.24. The van der Waals surface area contributed by atoms with Crippen molar-refractivity contribution in [3.05, 3.63) is 52.5 Å². The van der Waals surface area contributed by atoms with Crippen LogP contribution in [0.3, 0.4) is 0 Å². The second-order valence-electron chi connectivity index (χ2n) is 3.61. The lowest BCUT2D eigenvalue weighted by molar-refractivity contribution is 0.598. The fraction of sp³-hybridized carbons (Fsp3) is 0. The quantitative estimate of drug-likeness (QED) is 0.684. The minimum atomic E-state index is -4.03. The number of halogens is 2. The highest BCUT2D eigenvalue weighted by molar-refractivity contribution is 7.90. The van der Waals surface area contributed by atoms with Gasteiger partial charge >= 0.3 is 0 Å². The maximum absolute atomic E-state index is 12.1. The van der Waals surface area contributed by atoms with Gasteiger partial charge in [-0.25, -0.2) is 4.98 Å². The van der Waals surface area contributed by atoms with Gasteiger partial charge < -0.3 is 5.73 Å². The Kier molecular flexibility index (Phi) is 4.22. The van der Waals surface area contributed by atoms with Gasteiger partial charge in [-0.05, 0) is 12.1 Å². The van der Waals surface area contributed by atoms with Gasteiger partial charge in [0.05, 0.1) is 17.4 Å². The Hall–Kier alpha value is -1.70. The van der Waals surface area contributed by atoms with Crippen molar-refractivity contribution in [3.63, 3.8) is 0 Å². The molecule has 6 nitrogen and oxygen atoms in total. The van der Waals surface area contributed by atoms with E-state index in [2.05, 4.69) is 14.4 Å². The number of hydrogen-bond acceptors (Lipinski definition) is 4. The summed E-state index contributed by atoms with van der Waals surface area (Å²) in [6, 6.07) is 5.91. The molecule has 1 aromatic carbocycles. The molecule has 1 aromatic heterocycles. The monoisotopic (exact) mass is 330 g/mol. The summed E-state index contributed by atoms with van der Waals surface area (Å²) >= 11 is 11.5. The van der Waals surface area contributed by atoms with Crippen LogP contribution in [-0.2, 0) is 10.0 Å². The highest BCUT2D eigenvalue weighted by Gasteiger charge is 2.18. The molecule has 9 heteroatoms. The molecule has 0 radical (unpaired) electrons. The zero-order valence-corrected chi connectivity index (χ0v) is 12.2. The fourth-order valence-corrected chi connectivity index (χ4v) is 2.94. The maximum atomic E-state index is 12.1. The number of amidine groups is 1. The number of aromatic nitrogens is 2. The maximum Gasteiger partial charge on any atom is 0.285 e. The average Bonchev–Trinajstić information content (AvgIpc) is 2.38. The average molecular weight is 331 g/mol. The number of rotatable bonds is 3. The molecule has 0 aliphatic heterocycles. The van der Waals surface area contributed by atoms with E-state index in [1.165, 1.54) is 30.6 Å². The zero-order valence-electron chi connectivity index (χ0n) is 9.86. The minimum absolute atomic E-state index is 0.0567. The predicted molar refractivity (Wildman–Crippen MR) is 76.4 cm³/mol. The van der Waals surface area contributed by atoms with E-state index in [9.17, 15) is 8.42 Å². The summed E-state index contributed by atoms with van der Waals surface area (Å²) in [6.07, 6.45) is 2.55. The summed E-state index contributed by atoms with van der Waals surface area (Å²) in [5, 5.41) is 0.136. The van der Waals surface area contributed by atoms with Gasteiger partial charge in [-0.3, -0.25) is 4.98 Å². The van der Waals surface area contributed by atoms with Crippen molar-refractivity contribution < 1.29 is 8.42 Å². The summed E-state index contributed by atoms with van der Waals surface area (Å²) in [6.45, 7) is 0. The van der Waals surface area contributed by atoms with Gasteiger partial charge in [0.25, 0.3) is 10.0 Å². The molecule has 1 heterocycles. The van der Waals surface area contributed by atoms with Crippen molar-refractivity contribution in [3.8, 4) is 0 Å². The van der Waals surface area contributed by atoms with Crippen LogP contribution in [0.5, 0.6) is 0 Å². The van der Waals surface area contributed by atoms with Crippen molar-refractivity contribution in [2.75, 3.05) is 0 Å². The lowest BCUT2D eigenvalue weighted by Gasteiger charge is -2.03. The van der Waals surface area contributed by atoms with Crippen molar-refractivity contribution in [2.45, 2.75) is 4.90 Å². The molecule has 2 rings (SSSR count). The van der Waals surface area contributed by atoms with E-state index in [1.54, 1.807) is 6.07 Å². The van der Waals surface area contributed by atoms with Crippen LogP contribution < -0.4 is 5.73 Å². The molecule has 0 bridgehead atoms. The predicted octanol–water partition coefficient (Wildman–Crippen LogP) is 1.88. The van der Waals surface area contributed by atoms with Gasteiger partial charge in [0.1, 0.15) is 15.7 Å². The van der Waals surface area contributed by atoms with Gasteiger partial charge in [0.2, 0.25) is 0 Å². The third-order valence-corrected chi connectivity index (χ3v) is 4.17. The number of nitrogens with zero attached hydrogens (tertiary/aromatic N) is 3. The first-order valence-corrected chi connectivity index (χ1v) is 7.42. The molecule has 2 N–H and O–H groups in total. The van der Waals surface area contributed by atoms with Crippen LogP contribution >= 0.6 is 23.2 Å². The van der Waals surface area contributed by atoms with Crippen molar-refractivity contribution in [2.24, 2.45) is 10.1 Å². The normalized spacial score (nSPS) is 12.4. The molecular formula is C11H8Cl2N4O2S. The topological polar surface area (TPSA) is 98.3 Å². The van der Waals surface area contributed by atoms with Gasteiger partial charge in [-0.1, -0.05) is 35.3 Å². The van der Waals surface area contributed by atoms with E-state index in [0.29, 0.717) is 0 Å².